The van der Waals surface area contributed by atoms with Crippen molar-refractivity contribution in [3.63, 3.8) is 0 Å². The molecule has 1 unspecified atom stereocenters. The van der Waals surface area contributed by atoms with Gasteiger partial charge in [0.15, 0.2) is 5.54 Å². The maximum atomic E-state index is 13.8. The molecule has 0 aliphatic carbocycles. The summed E-state index contributed by atoms with van der Waals surface area (Å²) in [5.41, 5.74) is 1.89. The van der Waals surface area contributed by atoms with E-state index in [1.54, 1.807) is 0 Å². The molecule has 25 heavy (non-hydrogen) atoms. The van der Waals surface area contributed by atoms with Crippen LogP contribution in [-0.2, 0) is 10.3 Å². The SMILES string of the molecule is NC1=NC(c2cc([N+](=O)[O-])ccc2F)(C(F)F)COC1.O=[N+]([O-])[O-].[K+]. The Kier molecular flexibility index (Phi) is 9.45. The summed E-state index contributed by atoms with van der Waals surface area (Å²) < 4.78 is 45.5. The number of hydrogen-bond donors (Lipinski definition) is 1. The molecular weight excluding hydrogens is 380 g/mol. The number of nitro benzene ring substituents is 1. The van der Waals surface area contributed by atoms with Gasteiger partial charge in [-0.1, -0.05) is 0 Å². The van der Waals surface area contributed by atoms with Crippen LogP contribution in [-0.4, -0.2) is 35.5 Å². The van der Waals surface area contributed by atoms with Gasteiger partial charge in [0.05, 0.1) is 16.6 Å². The molecule has 1 aliphatic heterocycles. The second-order valence-electron chi connectivity index (χ2n) is 4.47. The Morgan fingerprint density at radius 2 is 1.84 bits per heavy atom. The number of aliphatic imine (C=N–C) groups is 1. The minimum atomic E-state index is -3.13. The third-order valence-electron chi connectivity index (χ3n) is 2.90. The van der Waals surface area contributed by atoms with Gasteiger partial charge in [0.1, 0.15) is 18.3 Å². The average Bonchev–Trinajstić information content (AvgIpc) is 2.46. The zero-order valence-electron chi connectivity index (χ0n) is 12.7. The molecule has 0 bridgehead atoms. The smallest absolute Gasteiger partial charge is 0.385 e. The molecule has 0 fully saturated rings. The fourth-order valence-electron chi connectivity index (χ4n) is 1.96. The zero-order valence-corrected chi connectivity index (χ0v) is 15.8. The van der Waals surface area contributed by atoms with E-state index in [-0.39, 0.29) is 63.8 Å². The molecule has 1 heterocycles. The van der Waals surface area contributed by atoms with Crippen molar-refractivity contribution in [2.75, 3.05) is 13.2 Å². The van der Waals surface area contributed by atoms with Crippen molar-refractivity contribution in [1.82, 2.24) is 0 Å². The normalized spacial score (nSPS) is 19.1. The number of rotatable bonds is 3. The van der Waals surface area contributed by atoms with Gasteiger partial charge < -0.3 is 25.8 Å². The van der Waals surface area contributed by atoms with E-state index >= 15 is 0 Å². The average molecular weight is 390 g/mol. The van der Waals surface area contributed by atoms with Gasteiger partial charge in [0.25, 0.3) is 12.1 Å². The van der Waals surface area contributed by atoms with Crippen LogP contribution in [0.4, 0.5) is 18.9 Å². The molecular formula is C11H10F3KN4O6. The monoisotopic (exact) mass is 390 g/mol. The van der Waals surface area contributed by atoms with Crippen molar-refractivity contribution >= 4 is 11.5 Å². The first-order valence-electron chi connectivity index (χ1n) is 6.06. The zero-order chi connectivity index (χ0) is 18.5. The van der Waals surface area contributed by atoms with E-state index in [2.05, 4.69) is 4.99 Å². The summed E-state index contributed by atoms with van der Waals surface area (Å²) in [7, 11) is 0. The first-order chi connectivity index (χ1) is 11.1. The molecule has 0 saturated heterocycles. The first kappa shape index (κ1) is 23.7. The van der Waals surface area contributed by atoms with E-state index in [1.807, 2.05) is 0 Å². The second kappa shape index (κ2) is 9.98. The molecule has 10 nitrogen and oxygen atoms in total. The van der Waals surface area contributed by atoms with Gasteiger partial charge in [-0.3, -0.25) is 15.1 Å². The van der Waals surface area contributed by atoms with E-state index in [0.717, 1.165) is 18.2 Å². The van der Waals surface area contributed by atoms with Gasteiger partial charge in [0, 0.05) is 17.7 Å². The minimum absolute atomic E-state index is 0. The number of non-ortho nitro benzene ring substituents is 1. The van der Waals surface area contributed by atoms with Gasteiger partial charge in [-0.25, -0.2) is 13.2 Å². The number of nitro groups is 1. The van der Waals surface area contributed by atoms with Crippen molar-refractivity contribution in [2.45, 2.75) is 12.0 Å². The Bertz CT molecular complexity index is 673. The van der Waals surface area contributed by atoms with Crippen molar-refractivity contribution < 1.29 is 79.3 Å². The molecule has 0 radical (unpaired) electrons. The van der Waals surface area contributed by atoms with E-state index in [9.17, 15) is 23.3 Å². The largest absolute Gasteiger partial charge is 1.00 e. The molecule has 0 saturated carbocycles. The number of nitrogens with two attached hydrogens (primary N) is 1. The summed E-state index contributed by atoms with van der Waals surface area (Å²) >= 11 is 0. The maximum Gasteiger partial charge on any atom is 1.00 e. The standard InChI is InChI=1S/C11H10F3N3O3.K.NO3/c12-8-2-1-6(17(18)19)3-7(8)11(10(13)14)5-20-4-9(15)16-11;;2-1(3)4/h1-3,10H,4-5H2,(H2,15,16);;/q;+1;-1. The quantitative estimate of drug-likeness (QED) is 0.368. The van der Waals surface area contributed by atoms with Gasteiger partial charge in [-0.2, -0.15) is 0 Å². The van der Waals surface area contributed by atoms with Crippen LogP contribution < -0.4 is 57.1 Å². The number of benzene rings is 1. The van der Waals surface area contributed by atoms with Gasteiger partial charge in [0.2, 0.25) is 0 Å². The maximum absolute atomic E-state index is 13.8. The van der Waals surface area contributed by atoms with Gasteiger partial charge in [-0.05, 0) is 6.07 Å². The number of amidine groups is 1. The molecule has 1 aliphatic rings. The summed E-state index contributed by atoms with van der Waals surface area (Å²) in [5, 5.41) is 25.4. The predicted molar refractivity (Wildman–Crippen MR) is 73.5 cm³/mol. The Morgan fingerprint density at radius 3 is 2.28 bits per heavy atom. The Hall–Kier alpha value is -1.32. The van der Waals surface area contributed by atoms with Crippen LogP contribution in [0, 0.1) is 31.3 Å². The number of halogens is 3. The topological polar surface area (TPSA) is 157 Å². The minimum Gasteiger partial charge on any atom is -0.385 e. The van der Waals surface area contributed by atoms with E-state index in [0.29, 0.717) is 0 Å². The molecule has 132 valence electrons. The summed E-state index contributed by atoms with van der Waals surface area (Å²) in [4.78, 5) is 21.7. The fourth-order valence-corrected chi connectivity index (χ4v) is 1.96. The molecule has 0 amide bonds. The molecule has 0 spiro atoms. The third kappa shape index (κ3) is 6.16. The molecule has 14 heteroatoms. The summed E-state index contributed by atoms with van der Waals surface area (Å²) in [6.07, 6.45) is -3.13. The first-order valence-corrected chi connectivity index (χ1v) is 6.06. The van der Waals surface area contributed by atoms with Crippen molar-refractivity contribution in [1.29, 1.82) is 0 Å². The number of nitrogens with zero attached hydrogens (tertiary/aromatic N) is 3. The number of hydrogen-bond acceptors (Lipinski definition) is 8. The summed E-state index contributed by atoms with van der Waals surface area (Å²) in [5.74, 6) is -1.25. The Balaban J connectivity index is 0.00000104. The van der Waals surface area contributed by atoms with Crippen LogP contribution >= 0.6 is 0 Å². The number of ether oxygens (including phenoxy) is 1. The van der Waals surface area contributed by atoms with Crippen LogP contribution in [0.3, 0.4) is 0 Å². The van der Waals surface area contributed by atoms with Crippen LogP contribution in [0.2, 0.25) is 0 Å². The van der Waals surface area contributed by atoms with Crippen LogP contribution in [0.1, 0.15) is 5.56 Å². The second-order valence-corrected chi connectivity index (χ2v) is 4.47. The molecule has 2 N–H and O–H groups in total. The van der Waals surface area contributed by atoms with E-state index in [4.69, 9.17) is 25.8 Å². The van der Waals surface area contributed by atoms with Gasteiger partial charge >= 0.3 is 51.4 Å². The van der Waals surface area contributed by atoms with E-state index in [1.165, 1.54) is 0 Å². The Morgan fingerprint density at radius 1 is 1.28 bits per heavy atom. The van der Waals surface area contributed by atoms with Crippen LogP contribution in [0.25, 0.3) is 0 Å². The predicted octanol–water partition coefficient (Wildman–Crippen LogP) is -1.65. The van der Waals surface area contributed by atoms with Crippen LogP contribution in [0.5, 0.6) is 0 Å². The van der Waals surface area contributed by atoms with Crippen LogP contribution in [0.15, 0.2) is 23.2 Å². The molecule has 1 aromatic rings. The summed E-state index contributed by atoms with van der Waals surface area (Å²) in [6.45, 7) is -0.755. The van der Waals surface area contributed by atoms with E-state index < -0.39 is 45.6 Å². The van der Waals surface area contributed by atoms with Crippen molar-refractivity contribution in [3.05, 3.63) is 55.0 Å². The molecule has 0 aromatic heterocycles. The third-order valence-corrected chi connectivity index (χ3v) is 2.90. The number of alkyl halides is 2. The molecule has 1 aromatic carbocycles. The Labute approximate surface area is 180 Å². The van der Waals surface area contributed by atoms with Gasteiger partial charge in [-0.15, -0.1) is 0 Å². The molecule has 2 rings (SSSR count). The van der Waals surface area contributed by atoms with Crippen molar-refractivity contribution in [3.8, 4) is 0 Å². The molecule has 1 atom stereocenters. The summed E-state index contributed by atoms with van der Waals surface area (Å²) in [6, 6.07) is 2.36. The van der Waals surface area contributed by atoms with Crippen molar-refractivity contribution in [2.24, 2.45) is 10.7 Å². The fraction of sp³-hybridized carbons (Fsp3) is 0.364.